The number of pyridine rings is 1. The molecule has 1 aliphatic rings. The fraction of sp³-hybridized carbons (Fsp3) is 0.308. The molecule has 0 fully saturated rings. The Morgan fingerprint density at radius 2 is 2.25 bits per heavy atom. The van der Waals surface area contributed by atoms with Gasteiger partial charge in [-0.25, -0.2) is 0 Å². The van der Waals surface area contributed by atoms with Crippen LogP contribution in [0.1, 0.15) is 18.2 Å². The summed E-state index contributed by atoms with van der Waals surface area (Å²) in [7, 11) is 0. The van der Waals surface area contributed by atoms with E-state index in [1.54, 1.807) is 0 Å². The SMILES string of the molecule is Cc1nc2ccc(Br)cc2c2c1CC(C)S2. The van der Waals surface area contributed by atoms with Gasteiger partial charge in [0, 0.05) is 25.7 Å². The fourth-order valence-corrected chi connectivity index (χ4v) is 3.95. The van der Waals surface area contributed by atoms with Gasteiger partial charge in [0.1, 0.15) is 0 Å². The first-order valence-corrected chi connectivity index (χ1v) is 7.08. The van der Waals surface area contributed by atoms with Crippen molar-refractivity contribution < 1.29 is 0 Å². The third kappa shape index (κ3) is 1.57. The van der Waals surface area contributed by atoms with Crippen LogP contribution in [-0.2, 0) is 6.42 Å². The number of aromatic nitrogens is 1. The molecule has 16 heavy (non-hydrogen) atoms. The minimum atomic E-state index is 0.681. The van der Waals surface area contributed by atoms with Crippen LogP contribution in [0.2, 0.25) is 0 Å². The Morgan fingerprint density at radius 1 is 1.44 bits per heavy atom. The van der Waals surface area contributed by atoms with Crippen molar-refractivity contribution in [1.82, 2.24) is 4.98 Å². The maximum atomic E-state index is 4.69. The predicted molar refractivity (Wildman–Crippen MR) is 73.2 cm³/mol. The van der Waals surface area contributed by atoms with Gasteiger partial charge in [0.05, 0.1) is 5.52 Å². The third-order valence-electron chi connectivity index (χ3n) is 3.01. The highest BCUT2D eigenvalue weighted by Crippen LogP contribution is 2.42. The number of hydrogen-bond acceptors (Lipinski definition) is 2. The lowest BCUT2D eigenvalue weighted by Gasteiger charge is -2.07. The van der Waals surface area contributed by atoms with E-state index < -0.39 is 0 Å². The zero-order chi connectivity index (χ0) is 11.3. The molecule has 0 saturated carbocycles. The average Bonchev–Trinajstić information content (AvgIpc) is 2.62. The van der Waals surface area contributed by atoms with Crippen molar-refractivity contribution in [3.05, 3.63) is 33.9 Å². The van der Waals surface area contributed by atoms with Gasteiger partial charge in [-0.15, -0.1) is 11.8 Å². The second-order valence-corrected chi connectivity index (χ2v) is 6.66. The Morgan fingerprint density at radius 3 is 3.06 bits per heavy atom. The van der Waals surface area contributed by atoms with Gasteiger partial charge in [0.2, 0.25) is 0 Å². The second kappa shape index (κ2) is 3.74. The van der Waals surface area contributed by atoms with Crippen LogP contribution in [0, 0.1) is 6.92 Å². The van der Waals surface area contributed by atoms with Crippen LogP contribution in [0.4, 0.5) is 0 Å². The van der Waals surface area contributed by atoms with E-state index in [4.69, 9.17) is 0 Å². The Labute approximate surface area is 108 Å². The van der Waals surface area contributed by atoms with Crippen molar-refractivity contribution in [3.63, 3.8) is 0 Å². The topological polar surface area (TPSA) is 12.9 Å². The molecule has 0 amide bonds. The normalized spacial score (nSPS) is 19.1. The molecule has 0 aliphatic carbocycles. The van der Waals surface area contributed by atoms with E-state index >= 15 is 0 Å². The van der Waals surface area contributed by atoms with Crippen LogP contribution in [0.25, 0.3) is 10.9 Å². The minimum Gasteiger partial charge on any atom is -0.253 e. The van der Waals surface area contributed by atoms with E-state index in [9.17, 15) is 0 Å². The summed E-state index contributed by atoms with van der Waals surface area (Å²) in [6, 6.07) is 6.34. The van der Waals surface area contributed by atoms with Gasteiger partial charge in [-0.2, -0.15) is 0 Å². The lowest BCUT2D eigenvalue weighted by molar-refractivity contribution is 0.936. The van der Waals surface area contributed by atoms with E-state index in [0.717, 1.165) is 16.4 Å². The third-order valence-corrected chi connectivity index (χ3v) is 4.78. The molecule has 2 heterocycles. The summed E-state index contributed by atoms with van der Waals surface area (Å²) in [4.78, 5) is 6.13. The van der Waals surface area contributed by atoms with Crippen molar-refractivity contribution in [2.45, 2.75) is 30.4 Å². The Kier molecular flexibility index (Phi) is 2.48. The molecule has 0 N–H and O–H groups in total. The molecule has 3 rings (SSSR count). The Balaban J connectivity index is 2.38. The van der Waals surface area contributed by atoms with Crippen molar-refractivity contribution in [3.8, 4) is 0 Å². The zero-order valence-electron chi connectivity index (χ0n) is 9.25. The summed E-state index contributed by atoms with van der Waals surface area (Å²) in [6.45, 7) is 4.41. The number of benzene rings is 1. The van der Waals surface area contributed by atoms with E-state index in [1.165, 1.54) is 21.5 Å². The lowest BCUT2D eigenvalue weighted by Crippen LogP contribution is -1.96. The Bertz CT molecular complexity index is 580. The van der Waals surface area contributed by atoms with Crippen molar-refractivity contribution in [2.75, 3.05) is 0 Å². The predicted octanol–water partition coefficient (Wildman–Crippen LogP) is 4.34. The molecular weight excluding hydrogens is 282 g/mol. The molecule has 0 bridgehead atoms. The van der Waals surface area contributed by atoms with E-state index in [0.29, 0.717) is 5.25 Å². The van der Waals surface area contributed by atoms with E-state index in [2.05, 4.69) is 53.0 Å². The molecule has 1 unspecified atom stereocenters. The van der Waals surface area contributed by atoms with Gasteiger partial charge in [0.25, 0.3) is 0 Å². The fourth-order valence-electron chi connectivity index (χ4n) is 2.27. The van der Waals surface area contributed by atoms with Crippen LogP contribution in [0.5, 0.6) is 0 Å². The number of hydrogen-bond donors (Lipinski definition) is 0. The molecule has 0 spiro atoms. The maximum Gasteiger partial charge on any atom is 0.0717 e. The highest BCUT2D eigenvalue weighted by Gasteiger charge is 2.23. The molecule has 1 atom stereocenters. The number of thioether (sulfide) groups is 1. The van der Waals surface area contributed by atoms with Crippen LogP contribution < -0.4 is 0 Å². The molecule has 1 aromatic carbocycles. The molecule has 1 nitrogen and oxygen atoms in total. The first-order valence-electron chi connectivity index (χ1n) is 5.40. The minimum absolute atomic E-state index is 0.681. The molecule has 0 saturated heterocycles. The molecule has 3 heteroatoms. The maximum absolute atomic E-state index is 4.69. The van der Waals surface area contributed by atoms with E-state index in [-0.39, 0.29) is 0 Å². The monoisotopic (exact) mass is 293 g/mol. The van der Waals surface area contributed by atoms with Gasteiger partial charge >= 0.3 is 0 Å². The molecule has 2 aromatic rings. The summed E-state index contributed by atoms with van der Waals surface area (Å²) in [5.74, 6) is 0. The molecular formula is C13H12BrNS. The quantitative estimate of drug-likeness (QED) is 0.716. The highest BCUT2D eigenvalue weighted by molar-refractivity contribution is 9.10. The van der Waals surface area contributed by atoms with Gasteiger partial charge < -0.3 is 0 Å². The van der Waals surface area contributed by atoms with Gasteiger partial charge in [-0.1, -0.05) is 22.9 Å². The first kappa shape index (κ1) is 10.6. The standard InChI is InChI=1S/C13H12BrNS/c1-7-5-10-8(2)15-12-4-3-9(14)6-11(12)13(10)16-7/h3-4,6-7H,5H2,1-2H3. The summed E-state index contributed by atoms with van der Waals surface area (Å²) in [5.41, 5.74) is 3.76. The molecule has 1 aromatic heterocycles. The largest absolute Gasteiger partial charge is 0.253 e. The second-order valence-electron chi connectivity index (χ2n) is 4.30. The highest BCUT2D eigenvalue weighted by atomic mass is 79.9. The summed E-state index contributed by atoms with van der Waals surface area (Å²) < 4.78 is 1.13. The van der Waals surface area contributed by atoms with Gasteiger partial charge in [-0.05, 0) is 37.1 Å². The van der Waals surface area contributed by atoms with Crippen LogP contribution in [-0.4, -0.2) is 10.2 Å². The van der Waals surface area contributed by atoms with Gasteiger partial charge in [0.15, 0.2) is 0 Å². The number of nitrogens with zero attached hydrogens (tertiary/aromatic N) is 1. The number of fused-ring (bicyclic) bond motifs is 3. The number of halogens is 1. The smallest absolute Gasteiger partial charge is 0.0717 e. The summed E-state index contributed by atoms with van der Waals surface area (Å²) in [5, 5.41) is 1.98. The number of rotatable bonds is 0. The molecule has 1 aliphatic heterocycles. The van der Waals surface area contributed by atoms with Crippen LogP contribution in [0.3, 0.4) is 0 Å². The average molecular weight is 294 g/mol. The summed E-state index contributed by atoms with van der Waals surface area (Å²) >= 11 is 5.52. The molecule has 82 valence electrons. The first-order chi connectivity index (χ1) is 7.65. The van der Waals surface area contributed by atoms with Crippen molar-refractivity contribution in [1.29, 1.82) is 0 Å². The van der Waals surface area contributed by atoms with Gasteiger partial charge in [-0.3, -0.25) is 4.98 Å². The van der Waals surface area contributed by atoms with Crippen LogP contribution in [0.15, 0.2) is 27.6 Å². The number of aryl methyl sites for hydroxylation is 1. The van der Waals surface area contributed by atoms with Crippen molar-refractivity contribution in [2.24, 2.45) is 0 Å². The summed E-state index contributed by atoms with van der Waals surface area (Å²) in [6.07, 6.45) is 1.15. The lowest BCUT2D eigenvalue weighted by atomic mass is 10.1. The zero-order valence-corrected chi connectivity index (χ0v) is 11.7. The molecule has 0 radical (unpaired) electrons. The van der Waals surface area contributed by atoms with Crippen molar-refractivity contribution >= 4 is 38.6 Å². The Hall–Kier alpha value is -0.540. The van der Waals surface area contributed by atoms with E-state index in [1.807, 2.05) is 11.8 Å². The van der Waals surface area contributed by atoms with Crippen LogP contribution >= 0.6 is 27.7 Å².